The molecule has 2 unspecified atom stereocenters. The summed E-state index contributed by atoms with van der Waals surface area (Å²) in [6.07, 6.45) is -6.47. The summed E-state index contributed by atoms with van der Waals surface area (Å²) in [4.78, 5) is 11.1. The first-order valence-electron chi connectivity index (χ1n) is 5.45. The molecule has 1 heterocycles. The Kier molecular flexibility index (Phi) is 5.20. The van der Waals surface area contributed by atoms with Crippen LogP contribution in [-0.4, -0.2) is 37.8 Å². The number of hydrogen-bond donors (Lipinski definition) is 0. The van der Waals surface area contributed by atoms with E-state index >= 15 is 0 Å². The number of rotatable bonds is 4. The van der Waals surface area contributed by atoms with E-state index in [1.165, 1.54) is 6.92 Å². The molecule has 17 heavy (non-hydrogen) atoms. The summed E-state index contributed by atoms with van der Waals surface area (Å²) in [6.45, 7) is 1.65. The van der Waals surface area contributed by atoms with Crippen LogP contribution in [0.15, 0.2) is 0 Å². The Bertz CT molecular complexity index is 248. The molecule has 0 aliphatic carbocycles. The molecular formula is C10H15F3O4. The first-order chi connectivity index (χ1) is 7.95. The van der Waals surface area contributed by atoms with Gasteiger partial charge in [-0.05, 0) is 26.2 Å². The van der Waals surface area contributed by atoms with Crippen LogP contribution in [0.4, 0.5) is 13.2 Å². The monoisotopic (exact) mass is 256 g/mol. The Morgan fingerprint density at radius 3 is 2.65 bits per heavy atom. The lowest BCUT2D eigenvalue weighted by molar-refractivity contribution is -0.277. The van der Waals surface area contributed by atoms with Crippen molar-refractivity contribution in [3.05, 3.63) is 0 Å². The molecule has 0 N–H and O–H groups in total. The summed E-state index contributed by atoms with van der Waals surface area (Å²) in [5.74, 6) is -1.42. The molecule has 1 fully saturated rings. The van der Waals surface area contributed by atoms with E-state index in [0.29, 0.717) is 13.0 Å². The van der Waals surface area contributed by atoms with E-state index in [9.17, 15) is 18.0 Å². The molecule has 0 amide bonds. The predicted octanol–water partition coefficient (Wildman–Crippen LogP) is 2.02. The average Bonchev–Trinajstić information content (AvgIpc) is 2.26. The van der Waals surface area contributed by atoms with Gasteiger partial charge in [-0.2, -0.15) is 13.2 Å². The standard InChI is InChI=1S/C10H15F3O4/c1-2-15-9(14)8(10(11,12)13)17-7-5-3-4-6-16-7/h7-8H,2-6H2,1H3. The number of esters is 1. The van der Waals surface area contributed by atoms with Crippen molar-refractivity contribution >= 4 is 5.97 Å². The normalized spacial score (nSPS) is 23.2. The highest BCUT2D eigenvalue weighted by atomic mass is 19.4. The lowest BCUT2D eigenvalue weighted by Gasteiger charge is -2.27. The van der Waals surface area contributed by atoms with Crippen molar-refractivity contribution in [3.63, 3.8) is 0 Å². The number of alkyl halides is 3. The Morgan fingerprint density at radius 1 is 1.47 bits per heavy atom. The molecule has 7 heteroatoms. The number of ether oxygens (including phenoxy) is 3. The van der Waals surface area contributed by atoms with Crippen LogP contribution in [0.25, 0.3) is 0 Å². The molecule has 1 aliphatic heterocycles. The number of carbonyl (C=O) groups excluding carboxylic acids is 1. The predicted molar refractivity (Wildman–Crippen MR) is 51.2 cm³/mol. The van der Waals surface area contributed by atoms with Crippen LogP contribution in [0.5, 0.6) is 0 Å². The fourth-order valence-corrected chi connectivity index (χ4v) is 1.45. The highest BCUT2D eigenvalue weighted by Gasteiger charge is 2.48. The second-order valence-corrected chi connectivity index (χ2v) is 3.61. The van der Waals surface area contributed by atoms with Gasteiger partial charge in [0.05, 0.1) is 6.61 Å². The van der Waals surface area contributed by atoms with Crippen molar-refractivity contribution in [2.24, 2.45) is 0 Å². The molecule has 0 bridgehead atoms. The Morgan fingerprint density at radius 2 is 2.18 bits per heavy atom. The minimum Gasteiger partial charge on any atom is -0.464 e. The van der Waals surface area contributed by atoms with Crippen molar-refractivity contribution in [1.82, 2.24) is 0 Å². The van der Waals surface area contributed by atoms with Crippen LogP contribution in [0.3, 0.4) is 0 Å². The van der Waals surface area contributed by atoms with Gasteiger partial charge in [-0.3, -0.25) is 0 Å². The second kappa shape index (κ2) is 6.20. The van der Waals surface area contributed by atoms with E-state index in [2.05, 4.69) is 9.47 Å². The van der Waals surface area contributed by atoms with Gasteiger partial charge >= 0.3 is 12.1 Å². The maximum Gasteiger partial charge on any atom is 0.425 e. The molecule has 0 saturated carbocycles. The van der Waals surface area contributed by atoms with Crippen LogP contribution in [0, 0.1) is 0 Å². The zero-order valence-electron chi connectivity index (χ0n) is 9.46. The number of carbonyl (C=O) groups is 1. The van der Waals surface area contributed by atoms with Gasteiger partial charge in [-0.1, -0.05) is 0 Å². The Hall–Kier alpha value is -0.820. The highest BCUT2D eigenvalue weighted by molar-refractivity contribution is 5.75. The first kappa shape index (κ1) is 14.2. The minimum atomic E-state index is -4.78. The van der Waals surface area contributed by atoms with E-state index in [-0.39, 0.29) is 6.61 Å². The van der Waals surface area contributed by atoms with E-state index < -0.39 is 24.5 Å². The summed E-state index contributed by atoms with van der Waals surface area (Å²) in [5, 5.41) is 0. The number of halogens is 3. The third kappa shape index (κ3) is 4.51. The molecule has 0 aromatic heterocycles. The molecule has 1 rings (SSSR count). The van der Waals surface area contributed by atoms with Gasteiger partial charge in [0, 0.05) is 6.61 Å². The van der Waals surface area contributed by atoms with Crippen molar-refractivity contribution < 1.29 is 32.2 Å². The van der Waals surface area contributed by atoms with Gasteiger partial charge in [0.2, 0.25) is 0 Å². The van der Waals surface area contributed by atoms with Crippen LogP contribution < -0.4 is 0 Å². The maximum atomic E-state index is 12.6. The molecule has 2 atom stereocenters. The Balaban J connectivity index is 2.59. The van der Waals surface area contributed by atoms with Gasteiger partial charge in [-0.25, -0.2) is 4.79 Å². The quantitative estimate of drug-likeness (QED) is 0.722. The van der Waals surface area contributed by atoms with Crippen LogP contribution in [0.2, 0.25) is 0 Å². The first-order valence-corrected chi connectivity index (χ1v) is 5.45. The van der Waals surface area contributed by atoms with Gasteiger partial charge in [-0.15, -0.1) is 0 Å². The zero-order valence-corrected chi connectivity index (χ0v) is 9.46. The average molecular weight is 256 g/mol. The van der Waals surface area contributed by atoms with Crippen molar-refractivity contribution in [2.75, 3.05) is 13.2 Å². The topological polar surface area (TPSA) is 44.8 Å². The van der Waals surface area contributed by atoms with Crippen molar-refractivity contribution in [1.29, 1.82) is 0 Å². The fraction of sp³-hybridized carbons (Fsp3) is 0.900. The molecular weight excluding hydrogens is 241 g/mol. The summed E-state index contributed by atoms with van der Waals surface area (Å²) in [5.41, 5.74) is 0. The van der Waals surface area contributed by atoms with Gasteiger partial charge in [0.15, 0.2) is 6.29 Å². The smallest absolute Gasteiger partial charge is 0.425 e. The van der Waals surface area contributed by atoms with Crippen LogP contribution in [0.1, 0.15) is 26.2 Å². The lowest BCUT2D eigenvalue weighted by atomic mass is 10.2. The Labute approximate surface area is 97.0 Å². The van der Waals surface area contributed by atoms with Gasteiger partial charge in [0.1, 0.15) is 0 Å². The van der Waals surface area contributed by atoms with Crippen molar-refractivity contribution in [2.45, 2.75) is 44.8 Å². The van der Waals surface area contributed by atoms with Gasteiger partial charge in [0.25, 0.3) is 6.10 Å². The summed E-state index contributed by atoms with van der Waals surface area (Å²) >= 11 is 0. The van der Waals surface area contributed by atoms with Gasteiger partial charge < -0.3 is 14.2 Å². The van der Waals surface area contributed by atoms with E-state index in [1.807, 2.05) is 0 Å². The van der Waals surface area contributed by atoms with Crippen molar-refractivity contribution in [3.8, 4) is 0 Å². The summed E-state index contributed by atoms with van der Waals surface area (Å²) in [6, 6.07) is 0. The molecule has 1 saturated heterocycles. The molecule has 1 aliphatic rings. The summed E-state index contributed by atoms with van der Waals surface area (Å²) in [7, 11) is 0. The van der Waals surface area contributed by atoms with Crippen LogP contribution >= 0.6 is 0 Å². The molecule has 0 aromatic carbocycles. The molecule has 100 valence electrons. The largest absolute Gasteiger partial charge is 0.464 e. The summed E-state index contributed by atoms with van der Waals surface area (Å²) < 4.78 is 51.7. The van der Waals surface area contributed by atoms with Crippen LogP contribution in [-0.2, 0) is 19.0 Å². The van der Waals surface area contributed by atoms with E-state index in [0.717, 1.165) is 12.8 Å². The third-order valence-electron chi connectivity index (χ3n) is 2.22. The third-order valence-corrected chi connectivity index (χ3v) is 2.22. The molecule has 0 radical (unpaired) electrons. The van der Waals surface area contributed by atoms with E-state index in [1.54, 1.807) is 0 Å². The molecule has 0 aromatic rings. The maximum absolute atomic E-state index is 12.6. The second-order valence-electron chi connectivity index (χ2n) is 3.61. The minimum absolute atomic E-state index is 0.125. The van der Waals surface area contributed by atoms with E-state index in [4.69, 9.17) is 4.74 Å². The molecule has 0 spiro atoms. The fourth-order valence-electron chi connectivity index (χ4n) is 1.45. The lowest BCUT2D eigenvalue weighted by Crippen LogP contribution is -2.44. The SMILES string of the molecule is CCOC(=O)C(OC1CCCCO1)C(F)(F)F. The molecule has 4 nitrogen and oxygen atoms in total. The zero-order chi connectivity index (χ0) is 12.9. The highest BCUT2D eigenvalue weighted by Crippen LogP contribution is 2.27. The number of hydrogen-bond acceptors (Lipinski definition) is 4.